The van der Waals surface area contributed by atoms with Crippen LogP contribution in [-0.4, -0.2) is 151 Å². The normalized spacial score (nSPS) is 54.4. The summed E-state index contributed by atoms with van der Waals surface area (Å²) in [5, 5.41) is 43.0. The molecule has 0 aromatic rings. The van der Waals surface area contributed by atoms with E-state index in [0.717, 1.165) is 32.1 Å². The molecule has 0 amide bonds. The average Bonchev–Trinajstić information content (AvgIpc) is 3.89. The van der Waals surface area contributed by atoms with Crippen LogP contribution in [0.25, 0.3) is 0 Å². The van der Waals surface area contributed by atoms with Crippen molar-refractivity contribution in [1.29, 1.82) is 0 Å². The molecule has 0 aliphatic carbocycles. The van der Waals surface area contributed by atoms with E-state index in [1.165, 1.54) is 14.2 Å². The minimum absolute atomic E-state index is 0.0394. The van der Waals surface area contributed by atoms with Crippen molar-refractivity contribution in [3.05, 3.63) is 0 Å². The third-order valence-electron chi connectivity index (χ3n) is 15.2. The molecule has 15 heteroatoms. The Kier molecular flexibility index (Phi) is 12.8. The van der Waals surface area contributed by atoms with Gasteiger partial charge in [-0.05, 0) is 58.8 Å². The molecule has 324 valence electrons. The van der Waals surface area contributed by atoms with Crippen molar-refractivity contribution in [3.63, 3.8) is 0 Å². The Hall–Kier alpha value is -1.05. The highest BCUT2D eigenvalue weighted by Gasteiger charge is 2.69. The summed E-state index contributed by atoms with van der Waals surface area (Å²) in [4.78, 5) is 12.0. The van der Waals surface area contributed by atoms with Crippen LogP contribution in [0.5, 0.6) is 0 Å². The molecule has 6 fully saturated rings. The Morgan fingerprint density at radius 1 is 0.768 bits per heavy atom. The minimum Gasteiger partial charge on any atom is -0.479 e. The summed E-state index contributed by atoms with van der Waals surface area (Å²) < 4.78 is 64.6. The Morgan fingerprint density at radius 3 is 2.00 bits per heavy atom. The lowest BCUT2D eigenvalue weighted by Gasteiger charge is -2.56. The second kappa shape index (κ2) is 16.1. The average molecular weight is 803 g/mol. The summed E-state index contributed by atoms with van der Waals surface area (Å²) in [6.45, 7) is 15.4. The maximum atomic E-state index is 12.0. The molecule has 56 heavy (non-hydrogen) atoms. The molecule has 1 unspecified atom stereocenters. The predicted octanol–water partition coefficient (Wildman–Crippen LogP) is 3.41. The van der Waals surface area contributed by atoms with Gasteiger partial charge in [-0.15, -0.1) is 0 Å². The molecule has 6 aliphatic heterocycles. The van der Waals surface area contributed by atoms with Gasteiger partial charge in [0, 0.05) is 65.0 Å². The van der Waals surface area contributed by atoms with Gasteiger partial charge in [-0.1, -0.05) is 34.6 Å². The first kappa shape index (κ1) is 44.5. The molecule has 6 heterocycles. The van der Waals surface area contributed by atoms with Crippen molar-refractivity contribution in [3.8, 4) is 0 Å². The zero-order valence-corrected chi connectivity index (χ0v) is 35.5. The van der Waals surface area contributed by atoms with Crippen LogP contribution in [0, 0.1) is 29.6 Å². The maximum absolute atomic E-state index is 12.0. The van der Waals surface area contributed by atoms with E-state index in [9.17, 15) is 25.2 Å². The van der Waals surface area contributed by atoms with Crippen molar-refractivity contribution in [2.45, 2.75) is 196 Å². The van der Waals surface area contributed by atoms with Gasteiger partial charge in [0.25, 0.3) is 0 Å². The lowest BCUT2D eigenvalue weighted by Crippen LogP contribution is -2.72. The second-order valence-electron chi connectivity index (χ2n) is 18.4. The van der Waals surface area contributed by atoms with Crippen LogP contribution < -0.4 is 0 Å². The number of carboxylic acids is 1. The van der Waals surface area contributed by atoms with Gasteiger partial charge in [-0.3, -0.25) is 0 Å². The second-order valence-corrected chi connectivity index (χ2v) is 18.4. The number of ether oxygens (including phenoxy) is 10. The van der Waals surface area contributed by atoms with Crippen molar-refractivity contribution >= 4 is 5.97 Å². The quantitative estimate of drug-likeness (QED) is 0.238. The highest BCUT2D eigenvalue weighted by atomic mass is 16.7. The fraction of sp³-hybridized carbons (Fsp3) is 0.976. The number of carbonyl (C=O) groups is 1. The molecule has 0 radical (unpaired) electrons. The Balaban J connectivity index is 1.21. The maximum Gasteiger partial charge on any atom is 0.338 e. The van der Waals surface area contributed by atoms with Crippen LogP contribution in [-0.2, 0) is 52.2 Å². The van der Waals surface area contributed by atoms with Crippen LogP contribution in [0.4, 0.5) is 0 Å². The number of carboxylic acid groups (broad SMARTS) is 1. The number of hydrogen-bond donors (Lipinski definition) is 4. The van der Waals surface area contributed by atoms with Gasteiger partial charge >= 0.3 is 5.97 Å². The first-order chi connectivity index (χ1) is 26.2. The molecule has 6 aliphatic rings. The van der Waals surface area contributed by atoms with Gasteiger partial charge in [0.2, 0.25) is 11.9 Å². The lowest BCUT2D eigenvalue weighted by molar-refractivity contribution is -0.389. The minimum atomic E-state index is -2.48. The number of methoxy groups -OCH3 is 4. The number of hydrogen-bond acceptors (Lipinski definition) is 14. The molecule has 21 atom stereocenters. The van der Waals surface area contributed by atoms with Crippen molar-refractivity contribution in [1.82, 2.24) is 0 Å². The zero-order chi connectivity index (χ0) is 41.3. The van der Waals surface area contributed by atoms with Gasteiger partial charge in [0.05, 0.1) is 61.0 Å². The summed E-state index contributed by atoms with van der Waals surface area (Å²) in [6.07, 6.45) is -1.69. The van der Waals surface area contributed by atoms with E-state index in [4.69, 9.17) is 47.4 Å². The molecule has 0 aromatic carbocycles. The fourth-order valence-electron chi connectivity index (χ4n) is 11.6. The molecule has 0 saturated carbocycles. The van der Waals surface area contributed by atoms with Gasteiger partial charge in [-0.25, -0.2) is 4.79 Å². The fourth-order valence-corrected chi connectivity index (χ4v) is 11.6. The third-order valence-corrected chi connectivity index (χ3v) is 15.2. The monoisotopic (exact) mass is 802 g/mol. The Morgan fingerprint density at radius 2 is 1.39 bits per heavy atom. The molecular formula is C41H70O15. The first-order valence-electron chi connectivity index (χ1n) is 20.7. The number of rotatable bonds is 11. The highest BCUT2D eigenvalue weighted by molar-refractivity contribution is 5.73. The topological polar surface area (TPSA) is 190 Å². The van der Waals surface area contributed by atoms with Crippen LogP contribution in [0.1, 0.15) is 100 Å². The first-order valence-corrected chi connectivity index (χ1v) is 20.7. The van der Waals surface area contributed by atoms with E-state index >= 15 is 0 Å². The summed E-state index contributed by atoms with van der Waals surface area (Å²) in [6, 6.07) is 0. The zero-order valence-electron chi connectivity index (χ0n) is 35.5. The van der Waals surface area contributed by atoms with Crippen molar-refractivity contribution in [2.24, 2.45) is 29.6 Å². The van der Waals surface area contributed by atoms with E-state index in [-0.39, 0.29) is 66.7 Å². The van der Waals surface area contributed by atoms with Crippen LogP contribution in [0.2, 0.25) is 0 Å². The molecule has 4 N–H and O–H groups in total. The molecule has 15 nitrogen and oxygen atoms in total. The van der Waals surface area contributed by atoms with Gasteiger partial charge in [0.15, 0.2) is 11.6 Å². The molecule has 0 aromatic heterocycles. The van der Waals surface area contributed by atoms with Crippen LogP contribution in [0.15, 0.2) is 0 Å². The summed E-state index contributed by atoms with van der Waals surface area (Å²) in [5.41, 5.74) is -2.09. The van der Waals surface area contributed by atoms with Crippen molar-refractivity contribution in [2.75, 3.05) is 28.4 Å². The highest BCUT2D eigenvalue weighted by Crippen LogP contribution is 2.57. The number of aliphatic hydroxyl groups is 3. The molecule has 0 bridgehead atoms. The van der Waals surface area contributed by atoms with Gasteiger partial charge in [0.1, 0.15) is 11.2 Å². The molecule has 6 saturated heterocycles. The van der Waals surface area contributed by atoms with Crippen LogP contribution in [0.3, 0.4) is 0 Å². The standard InChI is InChI=1S/C41H70O15/c1-20-17-21(2)39(8,45)55-32(20)28-14-13-26(51-28)27-15-16-30(52-27)38(7)35(49-11)24(5)41(56-38)22(3)29(47-9)18-25(53-41)19-31-37(6,50-12)34(48-10)23(4)40(46,54-31)33(42)36(43)44/h20-35,42,45-46H,13-19H2,1-12H3,(H,43,44)/t20-,21+,22+,23-,24+,25-,26+,27-,28+,29+,30+,31-,32-,33?,34-,35+,37-,38+,39-,40-,41-/m0/s1. The van der Waals surface area contributed by atoms with E-state index in [1.54, 1.807) is 35.0 Å². The van der Waals surface area contributed by atoms with Gasteiger partial charge in [-0.2, -0.15) is 0 Å². The van der Waals surface area contributed by atoms with E-state index in [2.05, 4.69) is 20.8 Å². The summed E-state index contributed by atoms with van der Waals surface area (Å²) in [7, 11) is 6.30. The van der Waals surface area contributed by atoms with E-state index in [0.29, 0.717) is 6.42 Å². The lowest BCUT2D eigenvalue weighted by atomic mass is 9.73. The van der Waals surface area contributed by atoms with E-state index < -0.39 is 71.0 Å². The Bertz CT molecular complexity index is 1380. The summed E-state index contributed by atoms with van der Waals surface area (Å²) >= 11 is 0. The number of aliphatic carboxylic acids is 1. The van der Waals surface area contributed by atoms with Crippen molar-refractivity contribution < 1.29 is 72.6 Å². The van der Waals surface area contributed by atoms with Gasteiger partial charge < -0.3 is 67.8 Å². The smallest absolute Gasteiger partial charge is 0.338 e. The van der Waals surface area contributed by atoms with Crippen LogP contribution >= 0.6 is 0 Å². The number of aliphatic hydroxyl groups excluding tert-OH is 1. The third kappa shape index (κ3) is 7.19. The van der Waals surface area contributed by atoms with E-state index in [1.807, 2.05) is 13.8 Å². The molecular weight excluding hydrogens is 732 g/mol. The SMILES string of the molecule is CO[C@@H]1[C@@H](C)[C@@]2(O[C@H](C[C@@H]3O[C@](O)(C(O)C(=O)O)[C@@H](C)[C@H](OC)[C@@]3(C)OC)C[C@@H](OC)[C@H]2C)O[C@]1(C)[C@H]1CC[C@@H]([C@H]2CC[C@H]([C@H]3O[C@](C)(O)[C@H](C)C[C@@H]3C)O2)O1. The molecule has 1 spiro atoms. The molecule has 6 rings (SSSR count). The summed E-state index contributed by atoms with van der Waals surface area (Å²) in [5.74, 6) is -7.70. The predicted molar refractivity (Wildman–Crippen MR) is 199 cm³/mol. The largest absolute Gasteiger partial charge is 0.479 e. The Labute approximate surface area is 332 Å².